The molecule has 5 heteroatoms. The van der Waals surface area contributed by atoms with Gasteiger partial charge in [-0.25, -0.2) is 4.39 Å². The quantitative estimate of drug-likeness (QED) is 0.861. The standard InChI is InChI=1S/C13H14FNO3/c14-11-4-2-1-3-10(11)12(16)15-9-6-5-8(7-9)13(17)18/h1-4,8-9H,5-7H2,(H,15,16)(H,17,18)/t8-,9+/m1/s1. The molecular weight excluding hydrogens is 237 g/mol. The molecule has 1 aromatic carbocycles. The number of nitrogens with one attached hydrogen (secondary N) is 1. The van der Waals surface area contributed by atoms with Crippen LogP contribution in [-0.2, 0) is 4.79 Å². The molecule has 4 nitrogen and oxygen atoms in total. The number of halogens is 1. The molecule has 0 bridgehead atoms. The molecule has 18 heavy (non-hydrogen) atoms. The highest BCUT2D eigenvalue weighted by molar-refractivity contribution is 5.94. The van der Waals surface area contributed by atoms with E-state index < -0.39 is 23.6 Å². The van der Waals surface area contributed by atoms with Crippen LogP contribution in [0, 0.1) is 11.7 Å². The van der Waals surface area contributed by atoms with Crippen LogP contribution in [0.1, 0.15) is 29.6 Å². The summed E-state index contributed by atoms with van der Waals surface area (Å²) < 4.78 is 13.4. The van der Waals surface area contributed by atoms with Gasteiger partial charge in [0.2, 0.25) is 0 Å². The Morgan fingerprint density at radius 2 is 2.00 bits per heavy atom. The fraction of sp³-hybridized carbons (Fsp3) is 0.385. The van der Waals surface area contributed by atoms with E-state index in [0.717, 1.165) is 0 Å². The second-order valence-corrected chi connectivity index (χ2v) is 4.50. The number of carboxylic acid groups (broad SMARTS) is 1. The van der Waals surface area contributed by atoms with Crippen LogP contribution in [0.4, 0.5) is 4.39 Å². The number of carbonyl (C=O) groups excluding carboxylic acids is 1. The van der Waals surface area contributed by atoms with Gasteiger partial charge in [-0.05, 0) is 31.4 Å². The molecule has 96 valence electrons. The minimum atomic E-state index is -0.836. The van der Waals surface area contributed by atoms with Crippen molar-refractivity contribution in [1.82, 2.24) is 5.32 Å². The summed E-state index contributed by atoms with van der Waals surface area (Å²) in [6, 6.07) is 5.56. The summed E-state index contributed by atoms with van der Waals surface area (Å²) in [7, 11) is 0. The third kappa shape index (κ3) is 2.67. The van der Waals surface area contributed by atoms with Crippen molar-refractivity contribution in [3.05, 3.63) is 35.6 Å². The Bertz CT molecular complexity index is 475. The average molecular weight is 251 g/mol. The van der Waals surface area contributed by atoms with Gasteiger partial charge < -0.3 is 10.4 Å². The molecule has 1 saturated carbocycles. The summed E-state index contributed by atoms with van der Waals surface area (Å²) in [5.41, 5.74) is -0.00345. The Labute approximate surface area is 104 Å². The van der Waals surface area contributed by atoms with Crippen molar-refractivity contribution >= 4 is 11.9 Å². The molecule has 2 atom stereocenters. The lowest BCUT2D eigenvalue weighted by atomic mass is 10.1. The number of hydrogen-bond donors (Lipinski definition) is 2. The molecule has 1 aliphatic rings. The highest BCUT2D eigenvalue weighted by atomic mass is 19.1. The maximum absolute atomic E-state index is 13.4. The molecule has 0 heterocycles. The number of carboxylic acids is 1. The Morgan fingerprint density at radius 1 is 1.28 bits per heavy atom. The molecule has 0 saturated heterocycles. The third-order valence-corrected chi connectivity index (χ3v) is 3.24. The van der Waals surface area contributed by atoms with E-state index >= 15 is 0 Å². The predicted molar refractivity (Wildman–Crippen MR) is 62.6 cm³/mol. The lowest BCUT2D eigenvalue weighted by Gasteiger charge is -2.12. The monoisotopic (exact) mass is 251 g/mol. The topological polar surface area (TPSA) is 66.4 Å². The first-order valence-corrected chi connectivity index (χ1v) is 5.86. The zero-order chi connectivity index (χ0) is 13.1. The highest BCUT2D eigenvalue weighted by Crippen LogP contribution is 2.25. The van der Waals surface area contributed by atoms with Crippen LogP contribution in [0.25, 0.3) is 0 Å². The Hall–Kier alpha value is -1.91. The van der Waals surface area contributed by atoms with Gasteiger partial charge in [0.1, 0.15) is 5.82 Å². The van der Waals surface area contributed by atoms with Gasteiger partial charge in [-0.15, -0.1) is 0 Å². The zero-order valence-electron chi connectivity index (χ0n) is 9.73. The smallest absolute Gasteiger partial charge is 0.306 e. The van der Waals surface area contributed by atoms with Crippen LogP contribution in [0.2, 0.25) is 0 Å². The van der Waals surface area contributed by atoms with Crippen LogP contribution >= 0.6 is 0 Å². The molecule has 1 amide bonds. The second-order valence-electron chi connectivity index (χ2n) is 4.50. The van der Waals surface area contributed by atoms with Gasteiger partial charge in [0.25, 0.3) is 5.91 Å². The van der Waals surface area contributed by atoms with Crippen molar-refractivity contribution in [3.8, 4) is 0 Å². The normalized spacial score (nSPS) is 22.7. The largest absolute Gasteiger partial charge is 0.481 e. The third-order valence-electron chi connectivity index (χ3n) is 3.24. The van der Waals surface area contributed by atoms with Crippen LogP contribution in [-0.4, -0.2) is 23.0 Å². The molecule has 0 radical (unpaired) electrons. The van der Waals surface area contributed by atoms with Gasteiger partial charge in [-0.2, -0.15) is 0 Å². The van der Waals surface area contributed by atoms with Crippen molar-refractivity contribution in [2.45, 2.75) is 25.3 Å². The van der Waals surface area contributed by atoms with Gasteiger partial charge in [0.05, 0.1) is 11.5 Å². The number of benzene rings is 1. The lowest BCUT2D eigenvalue weighted by molar-refractivity contribution is -0.141. The van der Waals surface area contributed by atoms with E-state index in [-0.39, 0.29) is 11.6 Å². The van der Waals surface area contributed by atoms with Gasteiger partial charge in [0.15, 0.2) is 0 Å². The predicted octanol–water partition coefficient (Wildman–Crippen LogP) is 1.81. The van der Waals surface area contributed by atoms with E-state index in [9.17, 15) is 14.0 Å². The first kappa shape index (κ1) is 12.5. The Balaban J connectivity index is 1.97. The summed E-state index contributed by atoms with van der Waals surface area (Å²) >= 11 is 0. The van der Waals surface area contributed by atoms with Gasteiger partial charge in [-0.1, -0.05) is 12.1 Å². The molecule has 0 unspecified atom stereocenters. The van der Waals surface area contributed by atoms with Gasteiger partial charge in [0, 0.05) is 6.04 Å². The first-order chi connectivity index (χ1) is 8.58. The maximum Gasteiger partial charge on any atom is 0.306 e. The SMILES string of the molecule is O=C(N[C@H]1CC[C@@H](C(=O)O)C1)c1ccccc1F. The Kier molecular flexibility index (Phi) is 3.60. The summed E-state index contributed by atoms with van der Waals surface area (Å²) in [5, 5.41) is 11.5. The molecule has 1 aliphatic carbocycles. The maximum atomic E-state index is 13.4. The van der Waals surface area contributed by atoms with E-state index in [4.69, 9.17) is 5.11 Å². The number of carbonyl (C=O) groups is 2. The molecule has 0 aliphatic heterocycles. The Morgan fingerprint density at radius 3 is 2.61 bits per heavy atom. The average Bonchev–Trinajstić information content (AvgIpc) is 2.78. The molecule has 1 aromatic rings. The van der Waals surface area contributed by atoms with E-state index in [1.54, 1.807) is 6.07 Å². The van der Waals surface area contributed by atoms with Crippen LogP contribution in [0.15, 0.2) is 24.3 Å². The van der Waals surface area contributed by atoms with Gasteiger partial charge in [-0.3, -0.25) is 9.59 Å². The lowest BCUT2D eigenvalue weighted by Crippen LogP contribution is -2.33. The molecule has 0 spiro atoms. The minimum absolute atomic E-state index is 0.00345. The summed E-state index contributed by atoms with van der Waals surface area (Å²) in [6.07, 6.45) is 1.59. The molecular formula is C13H14FNO3. The molecule has 2 rings (SSSR count). The number of hydrogen-bond acceptors (Lipinski definition) is 2. The summed E-state index contributed by atoms with van der Waals surface area (Å²) in [5.74, 6) is -2.29. The van der Waals surface area contributed by atoms with Crippen molar-refractivity contribution in [1.29, 1.82) is 0 Å². The van der Waals surface area contributed by atoms with Crippen LogP contribution in [0.3, 0.4) is 0 Å². The van der Waals surface area contributed by atoms with E-state index in [0.29, 0.717) is 19.3 Å². The molecule has 1 fully saturated rings. The van der Waals surface area contributed by atoms with Crippen LogP contribution in [0.5, 0.6) is 0 Å². The van der Waals surface area contributed by atoms with Gasteiger partial charge >= 0.3 is 5.97 Å². The number of amides is 1. The fourth-order valence-corrected chi connectivity index (χ4v) is 2.25. The van der Waals surface area contributed by atoms with E-state index in [2.05, 4.69) is 5.32 Å². The highest BCUT2D eigenvalue weighted by Gasteiger charge is 2.30. The molecule has 0 aromatic heterocycles. The van der Waals surface area contributed by atoms with Crippen LogP contribution < -0.4 is 5.32 Å². The van der Waals surface area contributed by atoms with Crippen molar-refractivity contribution in [3.63, 3.8) is 0 Å². The zero-order valence-corrected chi connectivity index (χ0v) is 9.73. The second kappa shape index (κ2) is 5.16. The van der Waals surface area contributed by atoms with Crippen molar-refractivity contribution < 1.29 is 19.1 Å². The molecule has 2 N–H and O–H groups in total. The number of rotatable bonds is 3. The minimum Gasteiger partial charge on any atom is -0.481 e. The van der Waals surface area contributed by atoms with Crippen molar-refractivity contribution in [2.75, 3.05) is 0 Å². The fourth-order valence-electron chi connectivity index (χ4n) is 2.25. The van der Waals surface area contributed by atoms with E-state index in [1.807, 2.05) is 0 Å². The van der Waals surface area contributed by atoms with E-state index in [1.165, 1.54) is 18.2 Å². The number of aliphatic carboxylic acids is 1. The first-order valence-electron chi connectivity index (χ1n) is 5.86. The summed E-state index contributed by atoms with van der Waals surface area (Å²) in [6.45, 7) is 0. The van der Waals surface area contributed by atoms with Crippen molar-refractivity contribution in [2.24, 2.45) is 5.92 Å². The summed E-state index contributed by atoms with van der Waals surface area (Å²) in [4.78, 5) is 22.6.